The second kappa shape index (κ2) is 16.7. The lowest BCUT2D eigenvalue weighted by Crippen LogP contribution is -2.26. The van der Waals surface area contributed by atoms with E-state index in [1.165, 1.54) is 99.1 Å². The molecule has 1 heterocycles. The van der Waals surface area contributed by atoms with Crippen molar-refractivity contribution in [2.24, 2.45) is 0 Å². The van der Waals surface area contributed by atoms with Crippen molar-refractivity contribution in [1.29, 1.82) is 0 Å². The molecule has 0 unspecified atom stereocenters. The minimum absolute atomic E-state index is 0.425. The maximum Gasteiger partial charge on any atom is 0.0726 e. The van der Waals surface area contributed by atoms with Crippen LogP contribution >= 0.6 is 0 Å². The smallest absolute Gasteiger partial charge is 0.0726 e. The maximum atomic E-state index is 4.25. The highest BCUT2D eigenvalue weighted by Gasteiger charge is 2.51. The van der Waals surface area contributed by atoms with Gasteiger partial charge in [0, 0.05) is 34.4 Å². The largest absolute Gasteiger partial charge is 0.338 e. The molecule has 2 aliphatic rings. The molecule has 1 spiro atoms. The van der Waals surface area contributed by atoms with Crippen LogP contribution in [0.15, 0.2) is 274 Å². The second-order valence-corrected chi connectivity index (χ2v) is 19.2. The van der Waals surface area contributed by atoms with Crippen LogP contribution in [0.25, 0.3) is 93.6 Å². The van der Waals surface area contributed by atoms with Gasteiger partial charge in [-0.2, -0.15) is 0 Å². The molecular formula is C70H48N2. The zero-order valence-corrected chi connectivity index (χ0v) is 39.7. The van der Waals surface area contributed by atoms with E-state index < -0.39 is 5.41 Å². The van der Waals surface area contributed by atoms with Crippen LogP contribution in [-0.2, 0) is 5.41 Å². The standard InChI is InChI=1S/C70H48N2/c1-2-17-56(72-68-39-35-53(51-33-31-47-18-6-8-20-49(47)42-51)44-62(68)63-45-54(36-40-69(63)72)52-34-32-48-19-7-9-21-50(48)43-52)24-16-41-71(55-22-4-3-5-23-55)57-37-38-61-60-27-12-15-30-66(60)70(67(61)46-57)64-28-13-10-25-58(64)59-26-11-14-29-65(59)70/h2-40,42-46H,1,41H2/b24-16-,56-17+. The number of nitrogens with zero attached hydrogens (tertiary/aromatic N) is 2. The molecular weight excluding hydrogens is 869 g/mol. The van der Waals surface area contributed by atoms with Crippen molar-refractivity contribution in [3.8, 4) is 44.5 Å². The van der Waals surface area contributed by atoms with Crippen LogP contribution in [0.3, 0.4) is 0 Å². The molecule has 0 aliphatic heterocycles. The molecule has 12 aromatic rings. The minimum Gasteiger partial charge on any atom is -0.338 e. The summed E-state index contributed by atoms with van der Waals surface area (Å²) < 4.78 is 2.41. The van der Waals surface area contributed by atoms with Crippen molar-refractivity contribution in [3.63, 3.8) is 0 Å². The number of hydrogen-bond donors (Lipinski definition) is 0. The highest BCUT2D eigenvalue weighted by Crippen LogP contribution is 2.63. The van der Waals surface area contributed by atoms with Crippen LogP contribution in [0, 0.1) is 0 Å². The summed E-state index contributed by atoms with van der Waals surface area (Å²) >= 11 is 0. The molecule has 0 amide bonds. The van der Waals surface area contributed by atoms with Crippen molar-refractivity contribution in [2.45, 2.75) is 5.41 Å². The highest BCUT2D eigenvalue weighted by molar-refractivity contribution is 6.13. The summed E-state index contributed by atoms with van der Waals surface area (Å²) in [4.78, 5) is 2.45. The average molecular weight is 917 g/mol. The Balaban J connectivity index is 0.895. The fourth-order valence-electron chi connectivity index (χ4n) is 12.2. The van der Waals surface area contributed by atoms with Gasteiger partial charge in [-0.05, 0) is 161 Å². The lowest BCUT2D eigenvalue weighted by Gasteiger charge is -2.32. The monoisotopic (exact) mass is 916 g/mol. The normalized spacial score (nSPS) is 13.2. The third-order valence-electron chi connectivity index (χ3n) is 15.4. The summed E-state index contributed by atoms with van der Waals surface area (Å²) in [6, 6.07) is 89.8. The van der Waals surface area contributed by atoms with Gasteiger partial charge in [0.25, 0.3) is 0 Å². The van der Waals surface area contributed by atoms with E-state index in [2.05, 4.69) is 277 Å². The van der Waals surface area contributed by atoms with Crippen molar-refractivity contribution in [2.75, 3.05) is 11.4 Å². The molecule has 11 aromatic carbocycles. The number of rotatable bonds is 9. The number of benzene rings is 11. The predicted octanol–water partition coefficient (Wildman–Crippen LogP) is 18.2. The first-order chi connectivity index (χ1) is 35.7. The van der Waals surface area contributed by atoms with Gasteiger partial charge in [0.05, 0.1) is 16.4 Å². The zero-order chi connectivity index (χ0) is 47.8. The summed E-state index contributed by atoms with van der Waals surface area (Å²) in [5.41, 5.74) is 20.5. The van der Waals surface area contributed by atoms with Gasteiger partial charge < -0.3 is 9.47 Å². The van der Waals surface area contributed by atoms with Crippen LogP contribution in [0.5, 0.6) is 0 Å². The van der Waals surface area contributed by atoms with Crippen LogP contribution in [0.1, 0.15) is 22.3 Å². The molecule has 0 radical (unpaired) electrons. The number of allylic oxidation sites excluding steroid dienone is 4. The Morgan fingerprint density at radius 1 is 0.403 bits per heavy atom. The third kappa shape index (κ3) is 6.43. The van der Waals surface area contributed by atoms with E-state index in [4.69, 9.17) is 0 Å². The Labute approximate surface area is 420 Å². The Morgan fingerprint density at radius 3 is 1.40 bits per heavy atom. The summed E-state index contributed by atoms with van der Waals surface area (Å²) in [6.45, 7) is 4.89. The molecule has 0 fully saturated rings. The van der Waals surface area contributed by atoms with Gasteiger partial charge in [-0.25, -0.2) is 0 Å². The Bertz CT molecular complexity index is 4020. The lowest BCUT2D eigenvalue weighted by atomic mass is 9.70. The van der Waals surface area contributed by atoms with Gasteiger partial charge >= 0.3 is 0 Å². The van der Waals surface area contributed by atoms with E-state index >= 15 is 0 Å². The summed E-state index contributed by atoms with van der Waals surface area (Å²) in [5, 5.41) is 7.37. The molecule has 0 bridgehead atoms. The molecule has 0 saturated carbocycles. The van der Waals surface area contributed by atoms with Crippen molar-refractivity contribution < 1.29 is 0 Å². The SMILES string of the molecule is C=C/C=C(\C=C/CN(c1ccccc1)c1ccc2c(c1)C1(c3ccccc3-c3ccccc31)c1ccccc1-2)n1c2ccc(-c3ccc4ccccc4c3)cc2c2cc(-c3ccc4ccccc4c3)ccc21. The third-order valence-corrected chi connectivity index (χ3v) is 15.4. The van der Waals surface area contributed by atoms with Crippen LogP contribution < -0.4 is 4.90 Å². The second-order valence-electron chi connectivity index (χ2n) is 19.2. The van der Waals surface area contributed by atoms with E-state index in [-0.39, 0.29) is 0 Å². The van der Waals surface area contributed by atoms with Gasteiger partial charge in [-0.1, -0.05) is 201 Å². The van der Waals surface area contributed by atoms with E-state index in [0.717, 1.165) is 28.1 Å². The first kappa shape index (κ1) is 41.7. The molecule has 1 aromatic heterocycles. The lowest BCUT2D eigenvalue weighted by molar-refractivity contribution is 0.793. The minimum atomic E-state index is -0.425. The summed E-state index contributed by atoms with van der Waals surface area (Å²) in [6.07, 6.45) is 8.64. The van der Waals surface area contributed by atoms with Gasteiger partial charge in [0.1, 0.15) is 0 Å². The Morgan fingerprint density at radius 2 is 0.861 bits per heavy atom. The molecule has 72 heavy (non-hydrogen) atoms. The van der Waals surface area contributed by atoms with E-state index in [1.807, 2.05) is 6.08 Å². The number of hydrogen-bond acceptors (Lipinski definition) is 1. The molecule has 338 valence electrons. The van der Waals surface area contributed by atoms with Gasteiger partial charge in [0.15, 0.2) is 0 Å². The first-order valence-electron chi connectivity index (χ1n) is 25.0. The van der Waals surface area contributed by atoms with Gasteiger partial charge in [0.2, 0.25) is 0 Å². The first-order valence-corrected chi connectivity index (χ1v) is 25.0. The Hall–Kier alpha value is -9.24. The molecule has 2 nitrogen and oxygen atoms in total. The number of aromatic nitrogens is 1. The highest BCUT2D eigenvalue weighted by atomic mass is 15.1. The molecule has 0 N–H and O–H groups in total. The maximum absolute atomic E-state index is 4.25. The van der Waals surface area contributed by atoms with E-state index in [9.17, 15) is 0 Å². The summed E-state index contributed by atoms with van der Waals surface area (Å²) in [5.74, 6) is 0. The number of anilines is 2. The van der Waals surface area contributed by atoms with Crippen molar-refractivity contribution in [1.82, 2.24) is 4.57 Å². The quantitative estimate of drug-likeness (QED) is 0.131. The topological polar surface area (TPSA) is 8.17 Å². The molecule has 2 heteroatoms. The number of para-hydroxylation sites is 1. The van der Waals surface area contributed by atoms with Crippen molar-refractivity contribution >= 4 is 60.4 Å². The van der Waals surface area contributed by atoms with Gasteiger partial charge in [-0.3, -0.25) is 0 Å². The molecule has 0 saturated heterocycles. The predicted molar refractivity (Wildman–Crippen MR) is 305 cm³/mol. The molecule has 2 aliphatic carbocycles. The average Bonchev–Trinajstić information content (AvgIpc) is 4.05. The molecule has 0 atom stereocenters. The van der Waals surface area contributed by atoms with Crippen LogP contribution in [0.2, 0.25) is 0 Å². The Kier molecular flexibility index (Phi) is 9.69. The van der Waals surface area contributed by atoms with Gasteiger partial charge in [-0.15, -0.1) is 0 Å². The van der Waals surface area contributed by atoms with E-state index in [1.54, 1.807) is 0 Å². The van der Waals surface area contributed by atoms with Crippen LogP contribution in [0.4, 0.5) is 11.4 Å². The zero-order valence-electron chi connectivity index (χ0n) is 39.7. The van der Waals surface area contributed by atoms with Crippen molar-refractivity contribution in [3.05, 3.63) is 296 Å². The van der Waals surface area contributed by atoms with Crippen LogP contribution in [-0.4, -0.2) is 11.1 Å². The number of fused-ring (bicyclic) bond motifs is 15. The fourth-order valence-corrected chi connectivity index (χ4v) is 12.2. The fraction of sp³-hybridized carbons (Fsp3) is 0.0286. The molecule has 14 rings (SSSR count). The van der Waals surface area contributed by atoms with E-state index in [0.29, 0.717) is 6.54 Å². The summed E-state index contributed by atoms with van der Waals surface area (Å²) in [7, 11) is 0.